The number of aromatic amines is 1. The molecule has 1 aromatic heterocycles. The number of imidazole rings is 1. The van der Waals surface area contributed by atoms with E-state index in [2.05, 4.69) is 43.6 Å². The molecule has 0 radical (unpaired) electrons. The van der Waals surface area contributed by atoms with Gasteiger partial charge in [-0.25, -0.2) is 13.8 Å². The van der Waals surface area contributed by atoms with Crippen LogP contribution >= 0.6 is 0 Å². The second-order valence-electron chi connectivity index (χ2n) is 7.78. The standard InChI is InChI=1S/C20H28F2N6/c1-2-12(18-11-26-20(28-18)17-7-14(22)9-24-17)4-3-5-15-10-25-19(27-15)16-6-13(21)8-23-16/h2,4,11,13-17,23-24H,1,3,5-10H2,(H,25,27)(H,26,28)/b12-4+/t13-,14-,15?,16?,17+/m1/s1. The van der Waals surface area contributed by atoms with Crippen LogP contribution in [0.2, 0.25) is 0 Å². The Morgan fingerprint density at radius 3 is 2.61 bits per heavy atom. The van der Waals surface area contributed by atoms with Gasteiger partial charge in [0.05, 0.1) is 30.5 Å². The Morgan fingerprint density at radius 1 is 1.18 bits per heavy atom. The van der Waals surface area contributed by atoms with Gasteiger partial charge in [-0.15, -0.1) is 0 Å². The minimum absolute atomic E-state index is 0.0239. The van der Waals surface area contributed by atoms with Crippen molar-refractivity contribution in [3.63, 3.8) is 0 Å². The maximum absolute atomic E-state index is 13.4. The maximum atomic E-state index is 13.4. The first-order valence-corrected chi connectivity index (χ1v) is 10.1. The molecule has 4 rings (SSSR count). The average molecular weight is 390 g/mol. The van der Waals surface area contributed by atoms with E-state index < -0.39 is 12.3 Å². The SMILES string of the molecule is C=C/C(=C\CCC1CN=C(C2C[C@@H](F)CN2)N1)c1cnc([C@@H]2C[C@@H](F)CN2)[nH]1. The number of H-pyrrole nitrogens is 1. The van der Waals surface area contributed by atoms with Gasteiger partial charge in [-0.1, -0.05) is 18.7 Å². The van der Waals surface area contributed by atoms with Gasteiger partial charge in [0, 0.05) is 32.0 Å². The molecule has 6 nitrogen and oxygen atoms in total. The number of alkyl halides is 2. The first-order chi connectivity index (χ1) is 13.6. The number of nitrogens with zero attached hydrogens (tertiary/aromatic N) is 2. The molecule has 3 aliphatic heterocycles. The normalized spacial score (nSPS) is 33.1. The lowest BCUT2D eigenvalue weighted by Crippen LogP contribution is -2.41. The van der Waals surface area contributed by atoms with E-state index in [4.69, 9.17) is 0 Å². The van der Waals surface area contributed by atoms with Gasteiger partial charge in [0.25, 0.3) is 0 Å². The zero-order valence-electron chi connectivity index (χ0n) is 15.9. The second kappa shape index (κ2) is 8.53. The van der Waals surface area contributed by atoms with Crippen molar-refractivity contribution in [2.24, 2.45) is 4.99 Å². The van der Waals surface area contributed by atoms with Gasteiger partial charge in [-0.2, -0.15) is 0 Å². The topological polar surface area (TPSA) is 77.1 Å². The van der Waals surface area contributed by atoms with Gasteiger partial charge in [-0.05, 0) is 18.4 Å². The summed E-state index contributed by atoms with van der Waals surface area (Å²) in [7, 11) is 0. The molecule has 4 heterocycles. The fourth-order valence-electron chi connectivity index (χ4n) is 4.09. The predicted molar refractivity (Wildman–Crippen MR) is 107 cm³/mol. The Labute approximate surface area is 164 Å². The molecular formula is C20H28F2N6. The number of rotatable bonds is 7. The molecule has 3 aliphatic rings. The quantitative estimate of drug-likeness (QED) is 0.539. The molecule has 152 valence electrons. The highest BCUT2D eigenvalue weighted by Gasteiger charge is 2.31. The summed E-state index contributed by atoms with van der Waals surface area (Å²) < 4.78 is 26.7. The lowest BCUT2D eigenvalue weighted by atomic mass is 10.1. The minimum Gasteiger partial charge on any atom is -0.368 e. The Bertz CT molecular complexity index is 758. The molecule has 4 N–H and O–H groups in total. The predicted octanol–water partition coefficient (Wildman–Crippen LogP) is 2.20. The molecule has 1 aromatic rings. The van der Waals surface area contributed by atoms with E-state index in [1.807, 2.05) is 6.08 Å². The molecule has 0 bridgehead atoms. The molecule has 5 atom stereocenters. The van der Waals surface area contributed by atoms with E-state index in [-0.39, 0.29) is 18.1 Å². The molecule has 8 heteroatoms. The summed E-state index contributed by atoms with van der Waals surface area (Å²) in [6.07, 6.45) is 6.90. The van der Waals surface area contributed by atoms with Crippen LogP contribution in [-0.4, -0.2) is 59.9 Å². The van der Waals surface area contributed by atoms with Crippen LogP contribution in [-0.2, 0) is 0 Å². The van der Waals surface area contributed by atoms with Crippen molar-refractivity contribution in [2.45, 2.75) is 56.2 Å². The number of halogens is 2. The van der Waals surface area contributed by atoms with Gasteiger partial charge < -0.3 is 20.9 Å². The summed E-state index contributed by atoms with van der Waals surface area (Å²) in [6.45, 7) is 5.43. The number of nitrogens with one attached hydrogen (secondary N) is 4. The summed E-state index contributed by atoms with van der Waals surface area (Å²) in [6, 6.07) is 0.247. The molecular weight excluding hydrogens is 362 g/mol. The fourth-order valence-corrected chi connectivity index (χ4v) is 4.09. The lowest BCUT2D eigenvalue weighted by Gasteiger charge is -2.14. The summed E-state index contributed by atoms with van der Waals surface area (Å²) >= 11 is 0. The van der Waals surface area contributed by atoms with Crippen LogP contribution in [0, 0.1) is 0 Å². The van der Waals surface area contributed by atoms with Crippen LogP contribution in [0.15, 0.2) is 29.9 Å². The van der Waals surface area contributed by atoms with Gasteiger partial charge >= 0.3 is 0 Å². The molecule has 0 aliphatic carbocycles. The Hall–Kier alpha value is -2.06. The molecule has 0 saturated carbocycles. The molecule has 28 heavy (non-hydrogen) atoms. The molecule has 0 spiro atoms. The van der Waals surface area contributed by atoms with Crippen molar-refractivity contribution in [3.05, 3.63) is 36.4 Å². The van der Waals surface area contributed by atoms with Crippen LogP contribution in [0.5, 0.6) is 0 Å². The molecule has 2 unspecified atom stereocenters. The van der Waals surface area contributed by atoms with Crippen molar-refractivity contribution in [1.29, 1.82) is 0 Å². The lowest BCUT2D eigenvalue weighted by molar-refractivity contribution is 0.355. The third-order valence-corrected chi connectivity index (χ3v) is 5.65. The van der Waals surface area contributed by atoms with E-state index in [1.165, 1.54) is 0 Å². The summed E-state index contributed by atoms with van der Waals surface area (Å²) in [4.78, 5) is 12.2. The number of allylic oxidation sites excluding steroid dienone is 3. The third-order valence-electron chi connectivity index (χ3n) is 5.65. The summed E-state index contributed by atoms with van der Waals surface area (Å²) in [5.41, 5.74) is 1.89. The van der Waals surface area contributed by atoms with Crippen LogP contribution in [0.4, 0.5) is 8.78 Å². The first kappa shape index (κ1) is 19.3. The Kier molecular flexibility index (Phi) is 5.87. The van der Waals surface area contributed by atoms with E-state index in [0.717, 1.165) is 42.3 Å². The van der Waals surface area contributed by atoms with Gasteiger partial charge in [0.15, 0.2) is 0 Å². The molecule has 2 saturated heterocycles. The first-order valence-electron chi connectivity index (χ1n) is 10.1. The van der Waals surface area contributed by atoms with Crippen LogP contribution in [0.3, 0.4) is 0 Å². The Balaban J connectivity index is 1.28. The number of amidine groups is 1. The highest BCUT2D eigenvalue weighted by molar-refractivity contribution is 5.89. The van der Waals surface area contributed by atoms with Gasteiger partial charge in [0.2, 0.25) is 0 Å². The number of hydrogen-bond acceptors (Lipinski definition) is 5. The van der Waals surface area contributed by atoms with Crippen molar-refractivity contribution in [2.75, 3.05) is 19.6 Å². The van der Waals surface area contributed by atoms with Crippen LogP contribution in [0.1, 0.15) is 43.2 Å². The molecule has 0 amide bonds. The highest BCUT2D eigenvalue weighted by atomic mass is 19.1. The van der Waals surface area contributed by atoms with Crippen molar-refractivity contribution < 1.29 is 8.78 Å². The van der Waals surface area contributed by atoms with E-state index >= 15 is 0 Å². The average Bonchev–Trinajstić information content (AvgIpc) is 3.45. The number of hydrogen-bond donors (Lipinski definition) is 4. The number of aromatic nitrogens is 2. The monoisotopic (exact) mass is 390 g/mol. The smallest absolute Gasteiger partial charge is 0.123 e. The van der Waals surface area contributed by atoms with Crippen LogP contribution < -0.4 is 16.0 Å². The van der Waals surface area contributed by atoms with E-state index in [0.29, 0.717) is 25.9 Å². The van der Waals surface area contributed by atoms with Crippen LogP contribution in [0.25, 0.3) is 5.57 Å². The molecule has 2 fully saturated rings. The molecule has 0 aromatic carbocycles. The second-order valence-corrected chi connectivity index (χ2v) is 7.78. The fraction of sp³-hybridized carbons (Fsp3) is 0.600. The summed E-state index contributed by atoms with van der Waals surface area (Å²) in [5, 5.41) is 9.74. The van der Waals surface area contributed by atoms with Gasteiger partial charge in [-0.3, -0.25) is 4.99 Å². The van der Waals surface area contributed by atoms with Crippen molar-refractivity contribution in [1.82, 2.24) is 25.9 Å². The maximum Gasteiger partial charge on any atom is 0.123 e. The zero-order chi connectivity index (χ0) is 19.5. The summed E-state index contributed by atoms with van der Waals surface area (Å²) in [5.74, 6) is 1.67. The largest absolute Gasteiger partial charge is 0.368 e. The van der Waals surface area contributed by atoms with Crippen molar-refractivity contribution in [3.8, 4) is 0 Å². The van der Waals surface area contributed by atoms with Gasteiger partial charge in [0.1, 0.15) is 24.0 Å². The highest BCUT2D eigenvalue weighted by Crippen LogP contribution is 2.25. The van der Waals surface area contributed by atoms with E-state index in [9.17, 15) is 8.78 Å². The van der Waals surface area contributed by atoms with Crippen molar-refractivity contribution >= 4 is 11.4 Å². The zero-order valence-corrected chi connectivity index (χ0v) is 15.9. The number of aliphatic imine (C=N–C) groups is 1. The third kappa shape index (κ3) is 4.33. The van der Waals surface area contributed by atoms with E-state index in [1.54, 1.807) is 6.20 Å². The minimum atomic E-state index is -0.811. The Morgan fingerprint density at radius 2 is 1.93 bits per heavy atom.